The Morgan fingerprint density at radius 1 is 1.15 bits per heavy atom. The Bertz CT molecular complexity index is 1690. The van der Waals surface area contributed by atoms with Gasteiger partial charge in [-0.1, -0.05) is 27.7 Å². The highest BCUT2D eigenvalue weighted by atomic mass is 28.4. The summed E-state index contributed by atoms with van der Waals surface area (Å²) in [7, 11) is -0.252. The molecule has 1 saturated heterocycles. The second-order valence-corrected chi connectivity index (χ2v) is 20.5. The van der Waals surface area contributed by atoms with Gasteiger partial charge in [-0.3, -0.25) is 9.58 Å². The molecule has 1 fully saturated rings. The van der Waals surface area contributed by atoms with Crippen LogP contribution in [0.1, 0.15) is 72.2 Å². The van der Waals surface area contributed by atoms with Crippen molar-refractivity contribution < 1.29 is 18.7 Å². The van der Waals surface area contributed by atoms with Crippen LogP contribution in [0.5, 0.6) is 0 Å². The van der Waals surface area contributed by atoms with E-state index in [-0.39, 0.29) is 10.5 Å². The Hall–Kier alpha value is -3.79. The highest BCUT2D eigenvalue weighted by Crippen LogP contribution is 2.47. The predicted molar refractivity (Wildman–Crippen MR) is 181 cm³/mol. The summed E-state index contributed by atoms with van der Waals surface area (Å²) in [6, 6.07) is 9.98. The van der Waals surface area contributed by atoms with Crippen molar-refractivity contribution >= 4 is 31.9 Å². The van der Waals surface area contributed by atoms with Gasteiger partial charge in [0.25, 0.3) is 0 Å². The number of ether oxygens (including phenoxy) is 2. The average Bonchev–Trinajstić information content (AvgIpc) is 3.46. The third kappa shape index (κ3) is 6.41. The molecule has 1 amide bonds. The van der Waals surface area contributed by atoms with Gasteiger partial charge >= 0.3 is 6.09 Å². The van der Waals surface area contributed by atoms with Gasteiger partial charge in [0.2, 0.25) is 5.95 Å². The highest BCUT2D eigenvalue weighted by molar-refractivity contribution is 6.74. The Labute approximate surface area is 273 Å². The second kappa shape index (κ2) is 11.5. The maximum absolute atomic E-state index is 13.5. The molecule has 0 aliphatic carbocycles. The molecule has 1 atom stereocenters. The van der Waals surface area contributed by atoms with Gasteiger partial charge in [0.05, 0.1) is 41.3 Å². The first-order chi connectivity index (χ1) is 21.3. The number of fused-ring (bicyclic) bond motifs is 1. The molecule has 2 aromatic heterocycles. The van der Waals surface area contributed by atoms with Gasteiger partial charge in [0.15, 0.2) is 8.32 Å². The van der Waals surface area contributed by atoms with Crippen molar-refractivity contribution in [2.24, 2.45) is 7.05 Å². The molecule has 0 radical (unpaired) electrons. The molecule has 0 saturated carbocycles. The van der Waals surface area contributed by atoms with Gasteiger partial charge in [0.1, 0.15) is 17.5 Å². The van der Waals surface area contributed by atoms with Gasteiger partial charge in [-0.15, -0.1) is 0 Å². The Morgan fingerprint density at radius 3 is 2.43 bits per heavy atom. The standard InChI is InChI=1S/C34H47N7O4Si/c1-31(2,3)45-30(42)41-18-33(7,21-44-46(10,11)32(4,5)6)24-15-22(14-23(17-35)28(24)41)25-12-13-36-29(37-25)38-27-16-26(39-40(27)9)34(8)19-43-20-34/h12-16H,18-21H2,1-11H3,(H,36,37,38). The van der Waals surface area contributed by atoms with E-state index in [9.17, 15) is 10.1 Å². The summed E-state index contributed by atoms with van der Waals surface area (Å²) in [5, 5.41) is 18.4. The lowest BCUT2D eigenvalue weighted by Crippen LogP contribution is -2.46. The number of aromatic nitrogens is 4. The Morgan fingerprint density at radius 2 is 1.85 bits per heavy atom. The van der Waals surface area contributed by atoms with Crippen LogP contribution in [0.4, 0.5) is 22.2 Å². The first-order valence-electron chi connectivity index (χ1n) is 15.7. The van der Waals surface area contributed by atoms with Crippen LogP contribution < -0.4 is 10.2 Å². The number of amides is 1. The number of nitrogens with zero attached hydrogens (tertiary/aromatic N) is 6. The zero-order valence-electron chi connectivity index (χ0n) is 29.0. The molecule has 1 aromatic carbocycles. The van der Waals surface area contributed by atoms with Crippen molar-refractivity contribution in [3.8, 4) is 17.3 Å². The number of nitriles is 1. The molecular weight excluding hydrogens is 599 g/mol. The number of hydrogen-bond acceptors (Lipinski definition) is 9. The van der Waals surface area contributed by atoms with Crippen molar-refractivity contribution in [2.75, 3.05) is 36.6 Å². The Balaban J connectivity index is 1.53. The first kappa shape index (κ1) is 33.6. The molecule has 1 unspecified atom stereocenters. The van der Waals surface area contributed by atoms with Gasteiger partial charge in [0, 0.05) is 43.4 Å². The van der Waals surface area contributed by atoms with E-state index in [1.54, 1.807) is 21.8 Å². The van der Waals surface area contributed by atoms with E-state index >= 15 is 0 Å². The molecular formula is C34H47N7O4Si. The van der Waals surface area contributed by atoms with E-state index in [0.29, 0.717) is 49.3 Å². The van der Waals surface area contributed by atoms with Crippen LogP contribution in [0, 0.1) is 11.3 Å². The lowest BCUT2D eigenvalue weighted by atomic mass is 9.83. The number of hydrogen-bond donors (Lipinski definition) is 1. The van der Waals surface area contributed by atoms with Crippen molar-refractivity contribution in [1.82, 2.24) is 19.7 Å². The SMILES string of the molecule is Cn1nc(C2(C)COC2)cc1Nc1nccc(-c2cc(C#N)c3c(c2)C(C)(CO[Si](C)(C)C(C)(C)C)CN3C(=O)OC(C)(C)C)n1. The molecule has 11 nitrogen and oxygen atoms in total. The summed E-state index contributed by atoms with van der Waals surface area (Å²) in [5.41, 5.74) is 2.73. The number of carbonyl (C=O) groups excluding carboxylic acids is 1. The maximum Gasteiger partial charge on any atom is 0.414 e. The van der Waals surface area contributed by atoms with Crippen LogP contribution in [0.3, 0.4) is 0 Å². The van der Waals surface area contributed by atoms with E-state index in [2.05, 4.69) is 69.2 Å². The fourth-order valence-electron chi connectivity index (χ4n) is 5.41. The number of anilines is 3. The van der Waals surface area contributed by atoms with Crippen LogP contribution in [0.15, 0.2) is 30.5 Å². The minimum absolute atomic E-state index is 0.0116. The monoisotopic (exact) mass is 645 g/mol. The summed E-state index contributed by atoms with van der Waals surface area (Å²) in [6.07, 6.45) is 1.20. The van der Waals surface area contributed by atoms with Gasteiger partial charge < -0.3 is 19.2 Å². The van der Waals surface area contributed by atoms with E-state index in [1.165, 1.54) is 0 Å². The largest absolute Gasteiger partial charge is 0.443 e. The van der Waals surface area contributed by atoms with Crippen LogP contribution in [0.2, 0.25) is 18.1 Å². The number of benzene rings is 1. The molecule has 4 heterocycles. The minimum Gasteiger partial charge on any atom is -0.443 e. The van der Waals surface area contributed by atoms with Crippen LogP contribution >= 0.6 is 0 Å². The number of rotatable bonds is 7. The van der Waals surface area contributed by atoms with Crippen molar-refractivity contribution in [3.05, 3.63) is 47.3 Å². The van der Waals surface area contributed by atoms with E-state index in [0.717, 1.165) is 22.6 Å². The van der Waals surface area contributed by atoms with Crippen LogP contribution in [-0.4, -0.2) is 66.1 Å². The molecule has 246 valence electrons. The molecule has 2 aliphatic heterocycles. The quantitative estimate of drug-likeness (QED) is 0.276. The van der Waals surface area contributed by atoms with E-state index < -0.39 is 25.4 Å². The van der Waals surface area contributed by atoms with E-state index in [4.69, 9.17) is 18.9 Å². The van der Waals surface area contributed by atoms with Crippen LogP contribution in [0.25, 0.3) is 11.3 Å². The summed E-state index contributed by atoms with van der Waals surface area (Å²) < 4.78 is 19.8. The third-order valence-corrected chi connectivity index (χ3v) is 13.8. The van der Waals surface area contributed by atoms with Gasteiger partial charge in [-0.05, 0) is 69.6 Å². The summed E-state index contributed by atoms with van der Waals surface area (Å²) in [4.78, 5) is 24.4. The molecule has 46 heavy (non-hydrogen) atoms. The summed E-state index contributed by atoms with van der Waals surface area (Å²) in [5.74, 6) is 1.16. The lowest BCUT2D eigenvalue weighted by Gasteiger charge is -2.39. The van der Waals surface area contributed by atoms with Gasteiger partial charge in [-0.2, -0.15) is 10.4 Å². The minimum atomic E-state index is -2.13. The number of nitrogens with one attached hydrogen (secondary N) is 1. The van der Waals surface area contributed by atoms with Crippen molar-refractivity contribution in [2.45, 2.75) is 90.0 Å². The van der Waals surface area contributed by atoms with Crippen molar-refractivity contribution in [3.63, 3.8) is 0 Å². The molecule has 0 spiro atoms. The molecule has 3 aromatic rings. The fraction of sp³-hybridized carbons (Fsp3) is 0.559. The van der Waals surface area contributed by atoms with Crippen molar-refractivity contribution in [1.29, 1.82) is 5.26 Å². The first-order valence-corrected chi connectivity index (χ1v) is 18.6. The fourth-order valence-corrected chi connectivity index (χ4v) is 6.53. The normalized spacial score (nSPS) is 19.3. The topological polar surface area (TPSA) is 127 Å². The zero-order chi connectivity index (χ0) is 33.9. The maximum atomic E-state index is 13.5. The lowest BCUT2D eigenvalue weighted by molar-refractivity contribution is -0.0522. The Kier molecular flexibility index (Phi) is 8.37. The highest BCUT2D eigenvalue weighted by Gasteiger charge is 2.47. The second-order valence-electron chi connectivity index (χ2n) is 15.7. The number of carbonyl (C=O) groups is 1. The van der Waals surface area contributed by atoms with Crippen LogP contribution in [-0.2, 0) is 31.8 Å². The smallest absolute Gasteiger partial charge is 0.414 e. The molecule has 12 heteroatoms. The van der Waals surface area contributed by atoms with Gasteiger partial charge in [-0.25, -0.2) is 14.8 Å². The third-order valence-electron chi connectivity index (χ3n) is 9.36. The predicted octanol–water partition coefficient (Wildman–Crippen LogP) is 6.81. The summed E-state index contributed by atoms with van der Waals surface area (Å²) >= 11 is 0. The zero-order valence-corrected chi connectivity index (χ0v) is 30.0. The molecule has 1 N–H and O–H groups in total. The average molecular weight is 646 g/mol. The number of aryl methyl sites for hydroxylation is 1. The summed E-state index contributed by atoms with van der Waals surface area (Å²) in [6.45, 7) is 22.8. The molecule has 2 aliphatic rings. The molecule has 0 bridgehead atoms. The molecule has 5 rings (SSSR count). The van der Waals surface area contributed by atoms with E-state index in [1.807, 2.05) is 46.0 Å².